The standard InChI is InChI=1S/C15H27N5O/c1-13-14(12-17-18-13)15(21)20-9-5-8-19(10-11-20)7-4-2-3-6-16/h12H,2-11,16H2,1H3,(H,17,18). The summed E-state index contributed by atoms with van der Waals surface area (Å²) in [6.45, 7) is 7.48. The van der Waals surface area contributed by atoms with Crippen molar-refractivity contribution in [3.8, 4) is 0 Å². The monoisotopic (exact) mass is 293 g/mol. The lowest BCUT2D eigenvalue weighted by molar-refractivity contribution is 0.0760. The van der Waals surface area contributed by atoms with Gasteiger partial charge in [0.2, 0.25) is 0 Å². The summed E-state index contributed by atoms with van der Waals surface area (Å²) in [5.41, 5.74) is 7.07. The number of H-pyrrole nitrogens is 1. The second-order valence-corrected chi connectivity index (χ2v) is 5.75. The fraction of sp³-hybridized carbons (Fsp3) is 0.733. The fourth-order valence-corrected chi connectivity index (χ4v) is 2.79. The van der Waals surface area contributed by atoms with E-state index in [0.717, 1.165) is 57.8 Å². The molecule has 6 nitrogen and oxygen atoms in total. The molecule has 3 N–H and O–H groups in total. The molecule has 1 fully saturated rings. The van der Waals surface area contributed by atoms with Gasteiger partial charge in [0.05, 0.1) is 11.8 Å². The number of aromatic amines is 1. The highest BCUT2D eigenvalue weighted by Crippen LogP contribution is 2.11. The molecule has 1 saturated heterocycles. The van der Waals surface area contributed by atoms with Gasteiger partial charge in [-0.25, -0.2) is 0 Å². The van der Waals surface area contributed by atoms with E-state index in [1.807, 2.05) is 11.8 Å². The number of unbranched alkanes of at least 4 members (excludes halogenated alkanes) is 2. The smallest absolute Gasteiger partial charge is 0.257 e. The second-order valence-electron chi connectivity index (χ2n) is 5.75. The molecule has 6 heteroatoms. The molecule has 1 aromatic heterocycles. The Labute approximate surface area is 126 Å². The van der Waals surface area contributed by atoms with Crippen molar-refractivity contribution in [2.24, 2.45) is 5.73 Å². The van der Waals surface area contributed by atoms with Crippen LogP contribution < -0.4 is 5.73 Å². The van der Waals surface area contributed by atoms with Gasteiger partial charge in [-0.05, 0) is 45.8 Å². The van der Waals surface area contributed by atoms with Gasteiger partial charge in [-0.1, -0.05) is 6.42 Å². The predicted molar refractivity (Wildman–Crippen MR) is 83.2 cm³/mol. The van der Waals surface area contributed by atoms with Gasteiger partial charge in [-0.3, -0.25) is 9.89 Å². The predicted octanol–water partition coefficient (Wildman–Crippen LogP) is 0.995. The zero-order valence-corrected chi connectivity index (χ0v) is 13.0. The molecule has 2 heterocycles. The zero-order valence-electron chi connectivity index (χ0n) is 13.0. The maximum absolute atomic E-state index is 12.5. The van der Waals surface area contributed by atoms with Crippen molar-refractivity contribution in [2.45, 2.75) is 32.6 Å². The highest BCUT2D eigenvalue weighted by Gasteiger charge is 2.21. The summed E-state index contributed by atoms with van der Waals surface area (Å²) >= 11 is 0. The Balaban J connectivity index is 1.80. The Hall–Kier alpha value is -1.40. The topological polar surface area (TPSA) is 78.2 Å². The molecule has 2 rings (SSSR count). The number of nitrogens with two attached hydrogens (primary N) is 1. The van der Waals surface area contributed by atoms with Crippen molar-refractivity contribution < 1.29 is 4.79 Å². The number of nitrogens with one attached hydrogen (secondary N) is 1. The molecule has 1 aliphatic rings. The van der Waals surface area contributed by atoms with Gasteiger partial charge in [0.1, 0.15) is 0 Å². The summed E-state index contributed by atoms with van der Waals surface area (Å²) in [5.74, 6) is 0.103. The molecule has 0 spiro atoms. The fourth-order valence-electron chi connectivity index (χ4n) is 2.79. The van der Waals surface area contributed by atoms with Crippen LogP contribution in [0.1, 0.15) is 41.7 Å². The van der Waals surface area contributed by atoms with Gasteiger partial charge in [0.15, 0.2) is 0 Å². The lowest BCUT2D eigenvalue weighted by Crippen LogP contribution is -2.35. The first kappa shape index (κ1) is 16.0. The number of hydrogen-bond donors (Lipinski definition) is 2. The molecule has 118 valence electrons. The third-order valence-corrected chi connectivity index (χ3v) is 4.11. The number of rotatable bonds is 6. The maximum Gasteiger partial charge on any atom is 0.257 e. The average molecular weight is 293 g/mol. The Bertz CT molecular complexity index is 445. The van der Waals surface area contributed by atoms with Crippen molar-refractivity contribution in [3.63, 3.8) is 0 Å². The van der Waals surface area contributed by atoms with Crippen LogP contribution in [0.3, 0.4) is 0 Å². The summed E-state index contributed by atoms with van der Waals surface area (Å²) in [4.78, 5) is 16.9. The molecule has 1 aliphatic heterocycles. The molecular weight excluding hydrogens is 266 g/mol. The minimum absolute atomic E-state index is 0.103. The van der Waals surface area contributed by atoms with E-state index < -0.39 is 0 Å². The van der Waals surface area contributed by atoms with E-state index >= 15 is 0 Å². The van der Waals surface area contributed by atoms with Crippen LogP contribution in [-0.4, -0.2) is 65.2 Å². The normalized spacial score (nSPS) is 17.0. The SMILES string of the molecule is Cc1[nH]ncc1C(=O)N1CCCN(CCCCCN)CC1. The first-order valence-electron chi connectivity index (χ1n) is 7.94. The Kier molecular flexibility index (Phi) is 6.20. The van der Waals surface area contributed by atoms with Gasteiger partial charge in [0, 0.05) is 25.3 Å². The minimum Gasteiger partial charge on any atom is -0.337 e. The largest absolute Gasteiger partial charge is 0.337 e. The number of nitrogens with zero attached hydrogens (tertiary/aromatic N) is 3. The van der Waals surface area contributed by atoms with Crippen LogP contribution >= 0.6 is 0 Å². The number of amides is 1. The summed E-state index contributed by atoms with van der Waals surface area (Å²) in [7, 11) is 0. The second kappa shape index (κ2) is 8.14. The molecule has 1 amide bonds. The van der Waals surface area contributed by atoms with Crippen molar-refractivity contribution in [1.29, 1.82) is 0 Å². The number of carbonyl (C=O) groups is 1. The van der Waals surface area contributed by atoms with Crippen molar-refractivity contribution in [2.75, 3.05) is 39.3 Å². The van der Waals surface area contributed by atoms with E-state index in [0.29, 0.717) is 5.56 Å². The summed E-state index contributed by atoms with van der Waals surface area (Å²) in [6.07, 6.45) is 6.18. The molecule has 0 aliphatic carbocycles. The van der Waals surface area contributed by atoms with E-state index in [2.05, 4.69) is 15.1 Å². The number of hydrogen-bond acceptors (Lipinski definition) is 4. The van der Waals surface area contributed by atoms with Crippen molar-refractivity contribution in [3.05, 3.63) is 17.5 Å². The first-order chi connectivity index (χ1) is 10.2. The molecule has 0 bridgehead atoms. The maximum atomic E-state index is 12.5. The van der Waals surface area contributed by atoms with Gasteiger partial charge in [-0.15, -0.1) is 0 Å². The summed E-state index contributed by atoms with van der Waals surface area (Å²) in [6, 6.07) is 0. The summed E-state index contributed by atoms with van der Waals surface area (Å²) < 4.78 is 0. The zero-order chi connectivity index (χ0) is 15.1. The van der Waals surface area contributed by atoms with Crippen molar-refractivity contribution >= 4 is 5.91 Å². The highest BCUT2D eigenvalue weighted by molar-refractivity contribution is 5.95. The highest BCUT2D eigenvalue weighted by atomic mass is 16.2. The number of aryl methyl sites for hydroxylation is 1. The van der Waals surface area contributed by atoms with Gasteiger partial charge in [0.25, 0.3) is 5.91 Å². The van der Waals surface area contributed by atoms with Crippen LogP contribution in [0.4, 0.5) is 0 Å². The third-order valence-electron chi connectivity index (χ3n) is 4.11. The van der Waals surface area contributed by atoms with Crippen LogP contribution in [0.15, 0.2) is 6.20 Å². The Morgan fingerprint density at radius 2 is 2.14 bits per heavy atom. The number of aromatic nitrogens is 2. The van der Waals surface area contributed by atoms with Gasteiger partial charge >= 0.3 is 0 Å². The van der Waals surface area contributed by atoms with E-state index in [9.17, 15) is 4.79 Å². The Morgan fingerprint density at radius 1 is 1.29 bits per heavy atom. The molecule has 21 heavy (non-hydrogen) atoms. The average Bonchev–Trinajstić information content (AvgIpc) is 2.77. The molecular formula is C15H27N5O. The van der Waals surface area contributed by atoms with E-state index in [1.165, 1.54) is 12.8 Å². The lowest BCUT2D eigenvalue weighted by Gasteiger charge is -2.21. The van der Waals surface area contributed by atoms with Crippen LogP contribution in [0.25, 0.3) is 0 Å². The first-order valence-corrected chi connectivity index (χ1v) is 7.94. The van der Waals surface area contributed by atoms with Crippen LogP contribution in [-0.2, 0) is 0 Å². The molecule has 0 atom stereocenters. The van der Waals surface area contributed by atoms with Crippen LogP contribution in [0.5, 0.6) is 0 Å². The lowest BCUT2D eigenvalue weighted by atomic mass is 10.2. The van der Waals surface area contributed by atoms with E-state index in [-0.39, 0.29) is 5.91 Å². The summed E-state index contributed by atoms with van der Waals surface area (Å²) in [5, 5.41) is 6.78. The molecule has 1 aromatic rings. The molecule has 0 radical (unpaired) electrons. The molecule has 0 saturated carbocycles. The molecule has 0 aromatic carbocycles. The van der Waals surface area contributed by atoms with E-state index in [1.54, 1.807) is 6.20 Å². The number of carbonyl (C=O) groups excluding carboxylic acids is 1. The van der Waals surface area contributed by atoms with E-state index in [4.69, 9.17) is 5.73 Å². The van der Waals surface area contributed by atoms with Gasteiger partial charge in [-0.2, -0.15) is 5.10 Å². The van der Waals surface area contributed by atoms with Crippen molar-refractivity contribution in [1.82, 2.24) is 20.0 Å². The van der Waals surface area contributed by atoms with Crippen LogP contribution in [0.2, 0.25) is 0 Å². The van der Waals surface area contributed by atoms with Gasteiger partial charge < -0.3 is 15.5 Å². The third kappa shape index (κ3) is 4.54. The Morgan fingerprint density at radius 3 is 2.86 bits per heavy atom. The van der Waals surface area contributed by atoms with Crippen LogP contribution in [0, 0.1) is 6.92 Å². The molecule has 0 unspecified atom stereocenters. The quantitative estimate of drug-likeness (QED) is 0.767. The minimum atomic E-state index is 0.103.